The molecule has 0 aromatic heterocycles. The second-order valence-electron chi connectivity index (χ2n) is 10.0. The zero-order valence-corrected chi connectivity index (χ0v) is 18.6. The van der Waals surface area contributed by atoms with E-state index < -0.39 is 6.10 Å². The number of cyclic esters (lactones) is 1. The summed E-state index contributed by atoms with van der Waals surface area (Å²) in [4.78, 5) is 24.3. The van der Waals surface area contributed by atoms with Crippen LogP contribution in [0.5, 0.6) is 0 Å². The van der Waals surface area contributed by atoms with E-state index in [1.54, 1.807) is 0 Å². The number of allylic oxidation sites excluding steroid dienone is 1. The van der Waals surface area contributed by atoms with Crippen LogP contribution in [0.3, 0.4) is 0 Å². The lowest BCUT2D eigenvalue weighted by Gasteiger charge is -2.44. The summed E-state index contributed by atoms with van der Waals surface area (Å²) in [6, 6.07) is 0. The first-order valence-corrected chi connectivity index (χ1v) is 11.7. The summed E-state index contributed by atoms with van der Waals surface area (Å²) in [6.45, 7) is 8.35. The van der Waals surface area contributed by atoms with Crippen molar-refractivity contribution in [3.05, 3.63) is 11.6 Å². The van der Waals surface area contributed by atoms with E-state index in [2.05, 4.69) is 19.9 Å². The molecule has 10 unspecified atom stereocenters. The molecule has 2 saturated heterocycles. The molecule has 0 bridgehead atoms. The van der Waals surface area contributed by atoms with E-state index in [0.717, 1.165) is 25.7 Å². The first kappa shape index (κ1) is 21.8. The molecule has 0 amide bonds. The monoisotopic (exact) mass is 420 g/mol. The van der Waals surface area contributed by atoms with Crippen molar-refractivity contribution in [1.29, 1.82) is 0 Å². The zero-order valence-electron chi connectivity index (χ0n) is 18.6. The Kier molecular flexibility index (Phi) is 6.27. The second-order valence-corrected chi connectivity index (χ2v) is 10.0. The highest BCUT2D eigenvalue weighted by molar-refractivity contribution is 5.72. The topological polar surface area (TPSA) is 85.4 Å². The number of esters is 2. The van der Waals surface area contributed by atoms with Gasteiger partial charge in [0.1, 0.15) is 18.3 Å². The third-order valence-electron chi connectivity index (χ3n) is 7.72. The number of epoxide rings is 1. The van der Waals surface area contributed by atoms with Crippen LogP contribution >= 0.6 is 0 Å². The molecule has 1 saturated carbocycles. The van der Waals surface area contributed by atoms with Gasteiger partial charge in [0, 0.05) is 12.3 Å². The van der Waals surface area contributed by atoms with Crippen LogP contribution in [-0.2, 0) is 23.8 Å². The summed E-state index contributed by atoms with van der Waals surface area (Å²) in [5.74, 6) is 0.678. The van der Waals surface area contributed by atoms with Crippen molar-refractivity contribution < 1.29 is 28.9 Å². The minimum Gasteiger partial charge on any atom is -0.462 e. The molecule has 0 aromatic carbocycles. The average Bonchev–Trinajstić information content (AvgIpc) is 3.48. The van der Waals surface area contributed by atoms with Crippen LogP contribution in [0.25, 0.3) is 0 Å². The molecule has 168 valence electrons. The Labute approximate surface area is 179 Å². The van der Waals surface area contributed by atoms with Gasteiger partial charge in [-0.15, -0.1) is 0 Å². The van der Waals surface area contributed by atoms with E-state index >= 15 is 0 Å². The highest BCUT2D eigenvalue weighted by Gasteiger charge is 2.59. The van der Waals surface area contributed by atoms with Gasteiger partial charge in [0.15, 0.2) is 0 Å². The second kappa shape index (κ2) is 8.62. The highest BCUT2D eigenvalue weighted by atomic mass is 16.6. The van der Waals surface area contributed by atoms with Crippen molar-refractivity contribution in [2.75, 3.05) is 0 Å². The summed E-state index contributed by atoms with van der Waals surface area (Å²) < 4.78 is 17.6. The number of carbonyl (C=O) groups is 2. The smallest absolute Gasteiger partial charge is 0.308 e. The third-order valence-corrected chi connectivity index (χ3v) is 7.72. The molecule has 0 aromatic rings. The normalized spacial score (nSPS) is 43.6. The van der Waals surface area contributed by atoms with Crippen LogP contribution in [0.1, 0.15) is 66.2 Å². The minimum atomic E-state index is -0.605. The van der Waals surface area contributed by atoms with Gasteiger partial charge in [-0.3, -0.25) is 9.59 Å². The minimum absolute atomic E-state index is 0.0922. The van der Waals surface area contributed by atoms with Gasteiger partial charge in [0.05, 0.1) is 24.5 Å². The van der Waals surface area contributed by atoms with Crippen LogP contribution < -0.4 is 0 Å². The molecular weight excluding hydrogens is 384 g/mol. The summed E-state index contributed by atoms with van der Waals surface area (Å²) in [5, 5.41) is 9.93. The van der Waals surface area contributed by atoms with Crippen molar-refractivity contribution in [1.82, 2.24) is 0 Å². The molecule has 4 aliphatic rings. The van der Waals surface area contributed by atoms with Crippen LogP contribution in [-0.4, -0.2) is 47.6 Å². The SMILES string of the molecule is CCC(C)C(=O)OC1CC(C)C=C2C3OC3C(C)C(CCC3CC(O)CC(=O)O3)C21. The van der Waals surface area contributed by atoms with E-state index in [-0.39, 0.29) is 54.6 Å². The molecule has 3 fully saturated rings. The van der Waals surface area contributed by atoms with E-state index in [4.69, 9.17) is 14.2 Å². The van der Waals surface area contributed by atoms with Gasteiger partial charge < -0.3 is 19.3 Å². The van der Waals surface area contributed by atoms with E-state index in [1.807, 2.05) is 13.8 Å². The summed E-state index contributed by atoms with van der Waals surface area (Å²) in [7, 11) is 0. The van der Waals surface area contributed by atoms with E-state index in [9.17, 15) is 14.7 Å². The number of aliphatic hydroxyl groups excluding tert-OH is 1. The zero-order chi connectivity index (χ0) is 21.6. The standard InChI is InChI=1S/C24H36O6/c1-5-13(3)24(27)29-19-9-12(2)8-18-21(19)17(14(4)22-23(18)30-22)7-6-16-10-15(25)11-20(26)28-16/h8,12-17,19,21-23,25H,5-7,9-11H2,1-4H3. The lowest BCUT2D eigenvalue weighted by Crippen LogP contribution is -2.46. The fourth-order valence-corrected chi connectivity index (χ4v) is 5.82. The van der Waals surface area contributed by atoms with Crippen LogP contribution in [0, 0.1) is 29.6 Å². The lowest BCUT2D eigenvalue weighted by atomic mass is 9.62. The number of fused-ring (bicyclic) bond motifs is 3. The Hall–Kier alpha value is -1.40. The van der Waals surface area contributed by atoms with Gasteiger partial charge in [-0.25, -0.2) is 0 Å². The molecule has 1 N–H and O–H groups in total. The summed E-state index contributed by atoms with van der Waals surface area (Å²) in [6.07, 6.45) is 5.59. The van der Waals surface area contributed by atoms with Gasteiger partial charge in [-0.1, -0.05) is 33.8 Å². The number of aliphatic hydroxyl groups is 1. The number of ether oxygens (including phenoxy) is 3. The fourth-order valence-electron chi connectivity index (χ4n) is 5.82. The molecular formula is C24H36O6. The number of hydrogen-bond acceptors (Lipinski definition) is 6. The van der Waals surface area contributed by atoms with Crippen LogP contribution in [0.4, 0.5) is 0 Å². The number of hydrogen-bond donors (Lipinski definition) is 1. The molecule has 2 aliphatic heterocycles. The molecule has 6 nitrogen and oxygen atoms in total. The quantitative estimate of drug-likeness (QED) is 0.403. The predicted molar refractivity (Wildman–Crippen MR) is 110 cm³/mol. The lowest BCUT2D eigenvalue weighted by molar-refractivity contribution is -0.162. The number of carbonyl (C=O) groups excluding carboxylic acids is 2. The molecule has 2 heterocycles. The Balaban J connectivity index is 1.51. The van der Waals surface area contributed by atoms with Gasteiger partial charge in [0.2, 0.25) is 0 Å². The molecule has 0 radical (unpaired) electrons. The van der Waals surface area contributed by atoms with E-state index in [0.29, 0.717) is 24.2 Å². The van der Waals surface area contributed by atoms with Crippen molar-refractivity contribution in [2.24, 2.45) is 29.6 Å². The Bertz CT molecular complexity index is 702. The van der Waals surface area contributed by atoms with Crippen LogP contribution in [0.15, 0.2) is 11.6 Å². The molecule has 0 spiro atoms. The fraction of sp³-hybridized carbons (Fsp3) is 0.833. The Morgan fingerprint density at radius 2 is 2.07 bits per heavy atom. The Morgan fingerprint density at radius 1 is 1.30 bits per heavy atom. The maximum atomic E-state index is 12.6. The summed E-state index contributed by atoms with van der Waals surface area (Å²) >= 11 is 0. The molecule has 2 aliphatic carbocycles. The summed E-state index contributed by atoms with van der Waals surface area (Å²) in [5.41, 5.74) is 1.31. The predicted octanol–water partition coefficient (Wildman–Crippen LogP) is 3.41. The van der Waals surface area contributed by atoms with Crippen molar-refractivity contribution in [2.45, 2.75) is 96.7 Å². The first-order chi connectivity index (χ1) is 14.3. The Morgan fingerprint density at radius 3 is 2.77 bits per heavy atom. The van der Waals surface area contributed by atoms with Crippen molar-refractivity contribution in [3.63, 3.8) is 0 Å². The maximum absolute atomic E-state index is 12.6. The molecule has 4 rings (SSSR count). The van der Waals surface area contributed by atoms with Crippen LogP contribution in [0.2, 0.25) is 0 Å². The highest BCUT2D eigenvalue weighted by Crippen LogP contribution is 2.55. The van der Waals surface area contributed by atoms with Gasteiger partial charge in [-0.05, 0) is 49.0 Å². The first-order valence-electron chi connectivity index (χ1n) is 11.7. The third kappa shape index (κ3) is 4.31. The van der Waals surface area contributed by atoms with Crippen molar-refractivity contribution in [3.8, 4) is 0 Å². The number of rotatable bonds is 6. The van der Waals surface area contributed by atoms with Gasteiger partial charge >= 0.3 is 11.9 Å². The maximum Gasteiger partial charge on any atom is 0.308 e. The van der Waals surface area contributed by atoms with E-state index in [1.165, 1.54) is 5.57 Å². The average molecular weight is 421 g/mol. The molecule has 10 atom stereocenters. The largest absolute Gasteiger partial charge is 0.462 e. The molecule has 30 heavy (non-hydrogen) atoms. The van der Waals surface area contributed by atoms with Gasteiger partial charge in [0.25, 0.3) is 0 Å². The van der Waals surface area contributed by atoms with Crippen molar-refractivity contribution >= 4 is 11.9 Å². The van der Waals surface area contributed by atoms with Gasteiger partial charge in [-0.2, -0.15) is 0 Å². The molecule has 6 heteroatoms.